The zero-order valence-electron chi connectivity index (χ0n) is 10.5. The third kappa shape index (κ3) is 2.55. The number of carbonyl (C=O) groups excluding carboxylic acids is 1. The number of fused-ring (bicyclic) bond motifs is 1. The van der Waals surface area contributed by atoms with Crippen molar-refractivity contribution >= 4 is 17.5 Å². The van der Waals surface area contributed by atoms with E-state index in [0.29, 0.717) is 35.2 Å². The Balaban J connectivity index is 1.64. The van der Waals surface area contributed by atoms with Gasteiger partial charge >= 0.3 is 0 Å². The lowest BCUT2D eigenvalue weighted by atomic mass is 10.2. The lowest BCUT2D eigenvalue weighted by Crippen LogP contribution is -2.26. The van der Waals surface area contributed by atoms with Gasteiger partial charge in [0.2, 0.25) is 6.79 Å². The minimum absolute atomic E-state index is 0.126. The molecule has 0 spiro atoms. The van der Waals surface area contributed by atoms with Gasteiger partial charge in [-0.3, -0.25) is 4.79 Å². The Morgan fingerprint density at radius 3 is 3.15 bits per heavy atom. The molecule has 0 radical (unpaired) electrons. The van der Waals surface area contributed by atoms with E-state index in [1.807, 2.05) is 10.8 Å². The molecule has 1 aromatic carbocycles. The molecule has 6 nitrogen and oxygen atoms in total. The average Bonchev–Trinajstić information content (AvgIpc) is 3.08. The Hall–Kier alpha value is -2.21. The van der Waals surface area contributed by atoms with Gasteiger partial charge in [0.15, 0.2) is 11.5 Å². The van der Waals surface area contributed by atoms with Crippen LogP contribution in [0.2, 0.25) is 5.02 Å². The summed E-state index contributed by atoms with van der Waals surface area (Å²) in [5.74, 6) is 0.782. The number of imidazole rings is 1. The van der Waals surface area contributed by atoms with E-state index in [2.05, 4.69) is 10.3 Å². The molecule has 2 heterocycles. The van der Waals surface area contributed by atoms with Gasteiger partial charge in [-0.05, 0) is 12.1 Å². The van der Waals surface area contributed by atoms with Gasteiger partial charge in [0.1, 0.15) is 0 Å². The van der Waals surface area contributed by atoms with Gasteiger partial charge in [-0.1, -0.05) is 11.6 Å². The molecule has 1 aliphatic rings. The van der Waals surface area contributed by atoms with Crippen molar-refractivity contribution < 1.29 is 14.3 Å². The summed E-state index contributed by atoms with van der Waals surface area (Å²) in [4.78, 5) is 16.0. The van der Waals surface area contributed by atoms with Crippen LogP contribution in [0.15, 0.2) is 30.9 Å². The molecule has 3 rings (SSSR count). The zero-order chi connectivity index (χ0) is 13.9. The largest absolute Gasteiger partial charge is 0.454 e. The molecule has 0 bridgehead atoms. The van der Waals surface area contributed by atoms with Crippen molar-refractivity contribution in [2.24, 2.45) is 0 Å². The Kier molecular flexibility index (Phi) is 3.47. The van der Waals surface area contributed by atoms with Crippen molar-refractivity contribution in [3.63, 3.8) is 0 Å². The van der Waals surface area contributed by atoms with Crippen LogP contribution in [0.1, 0.15) is 10.4 Å². The predicted octanol–water partition coefficient (Wildman–Crippen LogP) is 1.70. The molecule has 104 valence electrons. The highest BCUT2D eigenvalue weighted by Gasteiger charge is 2.20. The Bertz CT molecular complexity index is 628. The molecule has 1 aliphatic heterocycles. The Morgan fingerprint density at radius 1 is 1.45 bits per heavy atom. The summed E-state index contributed by atoms with van der Waals surface area (Å²) in [6.07, 6.45) is 5.23. The fourth-order valence-electron chi connectivity index (χ4n) is 1.92. The van der Waals surface area contributed by atoms with E-state index < -0.39 is 0 Å². The second-order valence-corrected chi connectivity index (χ2v) is 4.66. The maximum atomic E-state index is 12.0. The lowest BCUT2D eigenvalue weighted by molar-refractivity contribution is 0.0952. The maximum absolute atomic E-state index is 12.0. The molecule has 0 saturated carbocycles. The van der Waals surface area contributed by atoms with Crippen molar-refractivity contribution in [2.45, 2.75) is 6.54 Å². The molecule has 1 aromatic heterocycles. The molecule has 2 aromatic rings. The number of ether oxygens (including phenoxy) is 2. The number of hydrogen-bond donors (Lipinski definition) is 1. The van der Waals surface area contributed by atoms with Crippen molar-refractivity contribution in [3.05, 3.63) is 41.4 Å². The average molecular weight is 294 g/mol. The molecule has 0 fully saturated rings. The van der Waals surface area contributed by atoms with Gasteiger partial charge in [0.25, 0.3) is 5.91 Å². The standard InChI is InChI=1S/C13H12ClN3O3/c14-10-5-9(6-11-12(10)20-8-19-11)13(18)16-2-4-17-3-1-15-7-17/h1,3,5-7H,2,4,8H2,(H,16,18). The number of aromatic nitrogens is 2. The van der Waals surface area contributed by atoms with E-state index in [0.717, 1.165) is 0 Å². The van der Waals surface area contributed by atoms with Crippen LogP contribution in [0.5, 0.6) is 11.5 Å². The minimum Gasteiger partial charge on any atom is -0.454 e. The van der Waals surface area contributed by atoms with E-state index in [1.165, 1.54) is 0 Å². The number of carbonyl (C=O) groups is 1. The number of amides is 1. The molecule has 0 unspecified atom stereocenters. The van der Waals surface area contributed by atoms with Crippen LogP contribution in [0, 0.1) is 0 Å². The van der Waals surface area contributed by atoms with Gasteiger partial charge in [-0.15, -0.1) is 0 Å². The van der Waals surface area contributed by atoms with Crippen LogP contribution in [0.25, 0.3) is 0 Å². The smallest absolute Gasteiger partial charge is 0.251 e. The summed E-state index contributed by atoms with van der Waals surface area (Å²) in [5, 5.41) is 3.19. The van der Waals surface area contributed by atoms with Gasteiger partial charge in [0, 0.05) is 31.0 Å². The second kappa shape index (κ2) is 5.42. The first kappa shape index (κ1) is 12.8. The highest BCUT2D eigenvalue weighted by Crippen LogP contribution is 2.39. The van der Waals surface area contributed by atoms with Crippen LogP contribution in [0.3, 0.4) is 0 Å². The van der Waals surface area contributed by atoms with E-state index in [9.17, 15) is 4.79 Å². The molecule has 0 atom stereocenters. The molecule has 20 heavy (non-hydrogen) atoms. The molecule has 7 heteroatoms. The first-order chi connectivity index (χ1) is 9.74. The second-order valence-electron chi connectivity index (χ2n) is 4.25. The van der Waals surface area contributed by atoms with Gasteiger partial charge in [-0.2, -0.15) is 0 Å². The summed E-state index contributed by atoms with van der Waals surface area (Å²) in [6.45, 7) is 1.28. The Morgan fingerprint density at radius 2 is 2.35 bits per heavy atom. The summed E-state index contributed by atoms with van der Waals surface area (Å²) in [7, 11) is 0. The molecule has 1 amide bonds. The van der Waals surface area contributed by atoms with Gasteiger partial charge in [-0.25, -0.2) is 4.98 Å². The lowest BCUT2D eigenvalue weighted by Gasteiger charge is -2.07. The summed E-state index contributed by atoms with van der Waals surface area (Å²) in [6, 6.07) is 3.20. The number of rotatable bonds is 4. The number of halogens is 1. The van der Waals surface area contributed by atoms with Gasteiger partial charge < -0.3 is 19.4 Å². The quantitative estimate of drug-likeness (QED) is 0.932. The summed E-state index contributed by atoms with van der Waals surface area (Å²) < 4.78 is 12.3. The fraction of sp³-hybridized carbons (Fsp3) is 0.231. The van der Waals surface area contributed by atoms with E-state index in [-0.39, 0.29) is 12.7 Å². The fourth-order valence-corrected chi connectivity index (χ4v) is 2.18. The molecular formula is C13H12ClN3O3. The number of nitrogens with zero attached hydrogens (tertiary/aromatic N) is 2. The molecular weight excluding hydrogens is 282 g/mol. The van der Waals surface area contributed by atoms with Crippen LogP contribution in [-0.4, -0.2) is 28.8 Å². The van der Waals surface area contributed by atoms with Crippen molar-refractivity contribution in [1.82, 2.24) is 14.9 Å². The molecule has 1 N–H and O–H groups in total. The summed E-state index contributed by atoms with van der Waals surface area (Å²) >= 11 is 6.04. The number of benzene rings is 1. The zero-order valence-corrected chi connectivity index (χ0v) is 11.3. The van der Waals surface area contributed by atoms with Crippen LogP contribution in [0.4, 0.5) is 0 Å². The predicted molar refractivity (Wildman–Crippen MR) is 72.1 cm³/mol. The normalized spacial score (nSPS) is 12.4. The molecule has 0 aliphatic carbocycles. The first-order valence-corrected chi connectivity index (χ1v) is 6.45. The highest BCUT2D eigenvalue weighted by atomic mass is 35.5. The van der Waals surface area contributed by atoms with Crippen molar-refractivity contribution in [3.8, 4) is 11.5 Å². The third-order valence-corrected chi connectivity index (χ3v) is 3.18. The topological polar surface area (TPSA) is 65.4 Å². The van der Waals surface area contributed by atoms with Crippen molar-refractivity contribution in [1.29, 1.82) is 0 Å². The maximum Gasteiger partial charge on any atom is 0.251 e. The Labute approximate surface area is 120 Å². The third-order valence-electron chi connectivity index (χ3n) is 2.90. The molecule has 0 saturated heterocycles. The number of nitrogens with one attached hydrogen (secondary N) is 1. The van der Waals surface area contributed by atoms with E-state index in [4.69, 9.17) is 21.1 Å². The van der Waals surface area contributed by atoms with E-state index >= 15 is 0 Å². The monoisotopic (exact) mass is 293 g/mol. The number of hydrogen-bond acceptors (Lipinski definition) is 4. The van der Waals surface area contributed by atoms with Crippen LogP contribution < -0.4 is 14.8 Å². The van der Waals surface area contributed by atoms with E-state index in [1.54, 1.807) is 24.7 Å². The minimum atomic E-state index is -0.203. The van der Waals surface area contributed by atoms with Crippen LogP contribution in [-0.2, 0) is 6.54 Å². The van der Waals surface area contributed by atoms with Crippen LogP contribution >= 0.6 is 11.6 Å². The van der Waals surface area contributed by atoms with Crippen molar-refractivity contribution in [2.75, 3.05) is 13.3 Å². The van der Waals surface area contributed by atoms with Gasteiger partial charge in [0.05, 0.1) is 11.3 Å². The summed E-state index contributed by atoms with van der Waals surface area (Å²) in [5.41, 5.74) is 0.449. The first-order valence-electron chi connectivity index (χ1n) is 6.07. The SMILES string of the molecule is O=C(NCCn1ccnc1)c1cc(Cl)c2c(c1)OCO2. The highest BCUT2D eigenvalue weighted by molar-refractivity contribution is 6.32.